The minimum atomic E-state index is 0.315. The van der Waals surface area contributed by atoms with E-state index in [2.05, 4.69) is 24.5 Å². The molecule has 0 unspecified atom stereocenters. The highest BCUT2D eigenvalue weighted by Crippen LogP contribution is 2.44. The van der Waals surface area contributed by atoms with Crippen molar-refractivity contribution in [3.63, 3.8) is 0 Å². The average Bonchev–Trinajstić information content (AvgIpc) is 2.68. The zero-order chi connectivity index (χ0) is 13.5. The lowest BCUT2D eigenvalue weighted by atomic mass is 9.74. The molecule has 3 rings (SSSR count). The molecule has 0 spiro atoms. The molecule has 1 heterocycles. The second kappa shape index (κ2) is 4.55. The van der Waals surface area contributed by atoms with Crippen LogP contribution >= 0.6 is 0 Å². The first-order chi connectivity index (χ1) is 9.20. The van der Waals surface area contributed by atoms with Gasteiger partial charge in [0.1, 0.15) is 5.82 Å². The number of benzene rings is 1. The average molecular weight is 257 g/mol. The molecule has 3 heteroatoms. The molecule has 3 nitrogen and oxygen atoms in total. The van der Waals surface area contributed by atoms with E-state index in [9.17, 15) is 0 Å². The SMILES string of the molecule is CCCc1nc2cc(N)ccc2n1C1(CC)CCC1. The van der Waals surface area contributed by atoms with Crippen LogP contribution in [0.4, 0.5) is 5.69 Å². The Bertz CT molecular complexity index is 588. The molecule has 1 aromatic heterocycles. The summed E-state index contributed by atoms with van der Waals surface area (Å²) in [6.07, 6.45) is 7.30. The Morgan fingerprint density at radius 2 is 2.11 bits per heavy atom. The van der Waals surface area contributed by atoms with Crippen LogP contribution in [0, 0.1) is 0 Å². The van der Waals surface area contributed by atoms with E-state index in [-0.39, 0.29) is 0 Å². The standard InChI is InChI=1S/C16H23N3/c1-3-6-15-18-13-11-12(17)7-8-14(13)19(15)16(4-2)9-5-10-16/h7-8,11H,3-6,9-10,17H2,1-2H3. The molecule has 1 aliphatic carbocycles. The van der Waals surface area contributed by atoms with Crippen LogP contribution in [-0.2, 0) is 12.0 Å². The van der Waals surface area contributed by atoms with Crippen molar-refractivity contribution in [1.82, 2.24) is 9.55 Å². The van der Waals surface area contributed by atoms with Crippen LogP contribution in [0.15, 0.2) is 18.2 Å². The highest BCUT2D eigenvalue weighted by molar-refractivity contribution is 5.80. The molecule has 0 amide bonds. The molecule has 2 N–H and O–H groups in total. The zero-order valence-corrected chi connectivity index (χ0v) is 11.9. The molecule has 1 saturated carbocycles. The smallest absolute Gasteiger partial charge is 0.110 e. The normalized spacial score (nSPS) is 17.6. The molecule has 2 aromatic rings. The molecule has 102 valence electrons. The maximum Gasteiger partial charge on any atom is 0.110 e. The monoisotopic (exact) mass is 257 g/mol. The van der Waals surface area contributed by atoms with Crippen molar-refractivity contribution >= 4 is 16.7 Å². The molecule has 0 radical (unpaired) electrons. The minimum Gasteiger partial charge on any atom is -0.399 e. The molecular weight excluding hydrogens is 234 g/mol. The fourth-order valence-corrected chi connectivity index (χ4v) is 3.39. The predicted molar refractivity (Wildman–Crippen MR) is 80.3 cm³/mol. The van der Waals surface area contributed by atoms with Gasteiger partial charge in [0.05, 0.1) is 11.0 Å². The third-order valence-corrected chi connectivity index (χ3v) is 4.64. The van der Waals surface area contributed by atoms with Gasteiger partial charge in [0, 0.05) is 17.6 Å². The van der Waals surface area contributed by atoms with Crippen molar-refractivity contribution in [1.29, 1.82) is 0 Å². The highest BCUT2D eigenvalue weighted by Gasteiger charge is 2.39. The maximum absolute atomic E-state index is 5.90. The largest absolute Gasteiger partial charge is 0.399 e. The van der Waals surface area contributed by atoms with Crippen LogP contribution in [0.5, 0.6) is 0 Å². The van der Waals surface area contributed by atoms with E-state index in [0.717, 1.165) is 24.0 Å². The maximum atomic E-state index is 5.90. The van der Waals surface area contributed by atoms with Crippen molar-refractivity contribution in [2.45, 2.75) is 57.9 Å². The first kappa shape index (κ1) is 12.5. The Kier molecular flexibility index (Phi) is 3.00. The van der Waals surface area contributed by atoms with Crippen molar-refractivity contribution in [3.05, 3.63) is 24.0 Å². The van der Waals surface area contributed by atoms with Gasteiger partial charge in [0.15, 0.2) is 0 Å². The number of anilines is 1. The van der Waals surface area contributed by atoms with Gasteiger partial charge in [-0.2, -0.15) is 0 Å². The lowest BCUT2D eigenvalue weighted by Crippen LogP contribution is -2.40. The van der Waals surface area contributed by atoms with Crippen LogP contribution in [0.2, 0.25) is 0 Å². The Hall–Kier alpha value is -1.51. The quantitative estimate of drug-likeness (QED) is 0.845. The van der Waals surface area contributed by atoms with Gasteiger partial charge in [-0.1, -0.05) is 13.8 Å². The highest BCUT2D eigenvalue weighted by atomic mass is 15.2. The Morgan fingerprint density at radius 3 is 2.68 bits per heavy atom. The van der Waals surface area contributed by atoms with Crippen LogP contribution in [0.25, 0.3) is 11.0 Å². The second-order valence-electron chi connectivity index (χ2n) is 5.79. The Labute approximate surface area is 114 Å². The van der Waals surface area contributed by atoms with Gasteiger partial charge >= 0.3 is 0 Å². The number of hydrogen-bond acceptors (Lipinski definition) is 2. The molecule has 1 aliphatic rings. The van der Waals surface area contributed by atoms with Gasteiger partial charge in [-0.3, -0.25) is 0 Å². The van der Waals surface area contributed by atoms with Gasteiger partial charge < -0.3 is 10.3 Å². The number of aryl methyl sites for hydroxylation is 1. The Morgan fingerprint density at radius 1 is 1.32 bits per heavy atom. The summed E-state index contributed by atoms with van der Waals surface area (Å²) in [5, 5.41) is 0. The predicted octanol–water partition coefficient (Wildman–Crippen LogP) is 3.86. The van der Waals surface area contributed by atoms with Gasteiger partial charge in [0.2, 0.25) is 0 Å². The van der Waals surface area contributed by atoms with E-state index in [4.69, 9.17) is 10.7 Å². The van der Waals surface area contributed by atoms with E-state index in [0.29, 0.717) is 5.54 Å². The fourth-order valence-electron chi connectivity index (χ4n) is 3.39. The van der Waals surface area contributed by atoms with Crippen LogP contribution in [-0.4, -0.2) is 9.55 Å². The minimum absolute atomic E-state index is 0.315. The number of nitrogens with two attached hydrogens (primary N) is 1. The summed E-state index contributed by atoms with van der Waals surface area (Å²) in [5.74, 6) is 1.24. The summed E-state index contributed by atoms with van der Waals surface area (Å²) >= 11 is 0. The molecular formula is C16H23N3. The topological polar surface area (TPSA) is 43.8 Å². The summed E-state index contributed by atoms with van der Waals surface area (Å²) in [4.78, 5) is 4.84. The number of nitrogen functional groups attached to an aromatic ring is 1. The second-order valence-corrected chi connectivity index (χ2v) is 5.79. The first-order valence-corrected chi connectivity index (χ1v) is 7.47. The van der Waals surface area contributed by atoms with Gasteiger partial charge in [-0.15, -0.1) is 0 Å². The van der Waals surface area contributed by atoms with Crippen LogP contribution in [0.3, 0.4) is 0 Å². The molecule has 1 fully saturated rings. The lowest BCUT2D eigenvalue weighted by Gasteiger charge is -2.44. The van der Waals surface area contributed by atoms with Gasteiger partial charge in [0.25, 0.3) is 0 Å². The van der Waals surface area contributed by atoms with Gasteiger partial charge in [-0.05, 0) is 50.3 Å². The van der Waals surface area contributed by atoms with E-state index < -0.39 is 0 Å². The number of nitrogens with zero attached hydrogens (tertiary/aromatic N) is 2. The van der Waals surface area contributed by atoms with Gasteiger partial charge in [-0.25, -0.2) is 4.98 Å². The summed E-state index contributed by atoms with van der Waals surface area (Å²) < 4.78 is 2.52. The van der Waals surface area contributed by atoms with Crippen LogP contribution in [0.1, 0.15) is 51.8 Å². The summed E-state index contributed by atoms with van der Waals surface area (Å²) in [7, 11) is 0. The Balaban J connectivity index is 2.21. The zero-order valence-electron chi connectivity index (χ0n) is 11.9. The number of rotatable bonds is 4. The lowest BCUT2D eigenvalue weighted by molar-refractivity contribution is 0.137. The molecule has 0 saturated heterocycles. The van der Waals surface area contributed by atoms with E-state index in [1.807, 2.05) is 12.1 Å². The van der Waals surface area contributed by atoms with Crippen molar-refractivity contribution in [2.75, 3.05) is 5.73 Å². The molecule has 1 aromatic carbocycles. The van der Waals surface area contributed by atoms with Crippen LogP contribution < -0.4 is 5.73 Å². The van der Waals surface area contributed by atoms with Crippen molar-refractivity contribution < 1.29 is 0 Å². The number of imidazole rings is 1. The number of hydrogen-bond donors (Lipinski definition) is 1. The number of aromatic nitrogens is 2. The van der Waals surface area contributed by atoms with E-state index in [1.54, 1.807) is 0 Å². The fraction of sp³-hybridized carbons (Fsp3) is 0.562. The molecule has 0 bridgehead atoms. The summed E-state index contributed by atoms with van der Waals surface area (Å²) in [5.41, 5.74) is 9.34. The summed E-state index contributed by atoms with van der Waals surface area (Å²) in [6, 6.07) is 6.15. The molecule has 0 atom stereocenters. The van der Waals surface area contributed by atoms with E-state index in [1.165, 1.54) is 37.0 Å². The first-order valence-electron chi connectivity index (χ1n) is 7.47. The van der Waals surface area contributed by atoms with E-state index >= 15 is 0 Å². The molecule has 0 aliphatic heterocycles. The third-order valence-electron chi connectivity index (χ3n) is 4.64. The summed E-state index contributed by atoms with van der Waals surface area (Å²) in [6.45, 7) is 4.52. The third kappa shape index (κ3) is 1.83. The molecule has 19 heavy (non-hydrogen) atoms. The van der Waals surface area contributed by atoms with Crippen molar-refractivity contribution in [3.8, 4) is 0 Å². The van der Waals surface area contributed by atoms with Crippen molar-refractivity contribution in [2.24, 2.45) is 0 Å². The number of fused-ring (bicyclic) bond motifs is 1.